The first-order valence-corrected chi connectivity index (χ1v) is 9.13. The van der Waals surface area contributed by atoms with Crippen LogP contribution in [-0.4, -0.2) is 23.6 Å². The molecule has 25 heavy (non-hydrogen) atoms. The first kappa shape index (κ1) is 19.2. The highest BCUT2D eigenvalue weighted by Crippen LogP contribution is 2.30. The van der Waals surface area contributed by atoms with Crippen molar-refractivity contribution in [3.63, 3.8) is 0 Å². The average Bonchev–Trinajstić information content (AvgIpc) is 2.61. The highest BCUT2D eigenvalue weighted by molar-refractivity contribution is 5.97. The van der Waals surface area contributed by atoms with Gasteiger partial charge in [0.25, 0.3) is 0 Å². The zero-order chi connectivity index (χ0) is 18.4. The van der Waals surface area contributed by atoms with Gasteiger partial charge in [-0.15, -0.1) is 0 Å². The van der Waals surface area contributed by atoms with Gasteiger partial charge in [0.15, 0.2) is 5.78 Å². The molecular formula is C20H28N2O3. The number of rotatable bonds is 6. The molecule has 0 bridgehead atoms. The molecule has 2 N–H and O–H groups in total. The number of anilines is 1. The molecule has 1 fully saturated rings. The molecule has 1 aromatic rings. The molecule has 1 unspecified atom stereocenters. The van der Waals surface area contributed by atoms with Crippen LogP contribution >= 0.6 is 0 Å². The Bertz CT molecular complexity index is 634. The largest absolute Gasteiger partial charge is 0.353 e. The van der Waals surface area contributed by atoms with E-state index in [0.29, 0.717) is 11.3 Å². The van der Waals surface area contributed by atoms with Gasteiger partial charge in [-0.3, -0.25) is 14.4 Å². The molecular weight excluding hydrogens is 316 g/mol. The molecule has 1 aromatic carbocycles. The van der Waals surface area contributed by atoms with E-state index >= 15 is 0 Å². The van der Waals surface area contributed by atoms with Crippen LogP contribution in [0.4, 0.5) is 5.69 Å². The van der Waals surface area contributed by atoms with Crippen LogP contribution in [0.2, 0.25) is 0 Å². The minimum Gasteiger partial charge on any atom is -0.353 e. The van der Waals surface area contributed by atoms with Crippen LogP contribution in [0.15, 0.2) is 24.3 Å². The fourth-order valence-electron chi connectivity index (χ4n) is 3.14. The van der Waals surface area contributed by atoms with E-state index in [1.54, 1.807) is 24.3 Å². The van der Waals surface area contributed by atoms with E-state index in [0.717, 1.165) is 32.1 Å². The molecule has 136 valence electrons. The van der Waals surface area contributed by atoms with E-state index in [1.807, 2.05) is 13.8 Å². The van der Waals surface area contributed by atoms with Crippen LogP contribution in [-0.2, 0) is 9.59 Å². The molecule has 5 heteroatoms. The van der Waals surface area contributed by atoms with Gasteiger partial charge in [-0.05, 0) is 58.1 Å². The van der Waals surface area contributed by atoms with E-state index in [4.69, 9.17) is 0 Å². The van der Waals surface area contributed by atoms with Crippen molar-refractivity contribution in [2.24, 2.45) is 11.8 Å². The molecule has 0 aromatic heterocycles. The van der Waals surface area contributed by atoms with Gasteiger partial charge in [-0.25, -0.2) is 0 Å². The highest BCUT2D eigenvalue weighted by Gasteiger charge is 2.30. The lowest BCUT2D eigenvalue weighted by molar-refractivity contribution is -0.129. The van der Waals surface area contributed by atoms with Crippen molar-refractivity contribution in [2.75, 3.05) is 5.32 Å². The molecule has 5 nitrogen and oxygen atoms in total. The summed E-state index contributed by atoms with van der Waals surface area (Å²) in [6.45, 7) is 5.56. The van der Waals surface area contributed by atoms with E-state index in [2.05, 4.69) is 10.6 Å². The highest BCUT2D eigenvalue weighted by atomic mass is 16.2. The van der Waals surface area contributed by atoms with Crippen molar-refractivity contribution in [2.45, 2.75) is 58.9 Å². The van der Waals surface area contributed by atoms with E-state index in [-0.39, 0.29) is 35.5 Å². The van der Waals surface area contributed by atoms with E-state index in [9.17, 15) is 14.4 Å². The Kier molecular flexibility index (Phi) is 6.73. The van der Waals surface area contributed by atoms with Gasteiger partial charge in [0.05, 0.1) is 0 Å². The molecule has 2 rings (SSSR count). The van der Waals surface area contributed by atoms with Crippen molar-refractivity contribution in [3.05, 3.63) is 29.8 Å². The second-order valence-electron chi connectivity index (χ2n) is 6.99. The molecule has 0 spiro atoms. The molecule has 1 atom stereocenters. The van der Waals surface area contributed by atoms with Gasteiger partial charge < -0.3 is 10.6 Å². The summed E-state index contributed by atoms with van der Waals surface area (Å²) in [6.07, 6.45) is 3.85. The van der Waals surface area contributed by atoms with Crippen LogP contribution in [0.5, 0.6) is 0 Å². The summed E-state index contributed by atoms with van der Waals surface area (Å²) in [7, 11) is 0. The Morgan fingerprint density at radius 2 is 1.68 bits per heavy atom. The smallest absolute Gasteiger partial charge is 0.227 e. The average molecular weight is 344 g/mol. The minimum absolute atomic E-state index is 0.0130. The normalized spacial score (nSPS) is 21.2. The van der Waals surface area contributed by atoms with Crippen LogP contribution < -0.4 is 10.6 Å². The van der Waals surface area contributed by atoms with Crippen molar-refractivity contribution in [1.29, 1.82) is 0 Å². The Balaban J connectivity index is 1.86. The number of nitrogens with one attached hydrogen (secondary N) is 2. The number of benzene rings is 1. The third kappa shape index (κ3) is 5.41. The second-order valence-corrected chi connectivity index (χ2v) is 6.99. The van der Waals surface area contributed by atoms with Crippen molar-refractivity contribution in [1.82, 2.24) is 5.32 Å². The van der Waals surface area contributed by atoms with Crippen LogP contribution in [0.1, 0.15) is 63.2 Å². The van der Waals surface area contributed by atoms with Crippen molar-refractivity contribution in [3.8, 4) is 0 Å². The zero-order valence-corrected chi connectivity index (χ0v) is 15.3. The van der Waals surface area contributed by atoms with Gasteiger partial charge in [0.2, 0.25) is 11.8 Å². The summed E-state index contributed by atoms with van der Waals surface area (Å²) >= 11 is 0. The lowest BCUT2D eigenvalue weighted by Crippen LogP contribution is -2.39. The maximum absolute atomic E-state index is 12.5. The molecule has 0 heterocycles. The third-order valence-electron chi connectivity index (χ3n) is 5.01. The topological polar surface area (TPSA) is 75.3 Å². The fraction of sp³-hybridized carbons (Fsp3) is 0.550. The lowest BCUT2D eigenvalue weighted by Gasteiger charge is -2.28. The van der Waals surface area contributed by atoms with E-state index < -0.39 is 0 Å². The van der Waals surface area contributed by atoms with Gasteiger partial charge in [-0.2, -0.15) is 0 Å². The first-order chi connectivity index (χ1) is 11.9. The van der Waals surface area contributed by atoms with Crippen LogP contribution in [0.25, 0.3) is 0 Å². The number of amides is 2. The van der Waals surface area contributed by atoms with E-state index in [1.165, 1.54) is 6.92 Å². The van der Waals surface area contributed by atoms with Crippen molar-refractivity contribution >= 4 is 23.3 Å². The minimum atomic E-state index is -0.0753. The predicted octanol–water partition coefficient (Wildman–Crippen LogP) is 3.55. The summed E-state index contributed by atoms with van der Waals surface area (Å²) in [4.78, 5) is 36.1. The third-order valence-corrected chi connectivity index (χ3v) is 5.01. The maximum Gasteiger partial charge on any atom is 0.227 e. The summed E-state index contributed by atoms with van der Waals surface area (Å²) in [5.41, 5.74) is 1.23. The summed E-state index contributed by atoms with van der Waals surface area (Å²) in [5.74, 6) is 0.000467. The molecule has 2 amide bonds. The maximum atomic E-state index is 12.5. The molecule has 0 aliphatic heterocycles. The number of carbonyl (C=O) groups excluding carboxylic acids is 3. The zero-order valence-electron chi connectivity index (χ0n) is 15.3. The second kappa shape index (κ2) is 8.79. The molecule has 0 radical (unpaired) electrons. The number of carbonyl (C=O) groups is 3. The SMILES string of the molecule is CCC(C)NC(=O)C1CCC(C(=O)Nc2cccc(C(C)=O)c2)CC1. The van der Waals surface area contributed by atoms with Gasteiger partial charge in [-0.1, -0.05) is 19.1 Å². The van der Waals surface area contributed by atoms with Gasteiger partial charge in [0, 0.05) is 29.1 Å². The standard InChI is InChI=1S/C20H28N2O3/c1-4-13(2)21-19(24)15-8-10-16(11-9-15)20(25)22-18-7-5-6-17(12-18)14(3)23/h5-7,12-13,15-16H,4,8-11H2,1-3H3,(H,21,24)(H,22,25). The summed E-state index contributed by atoms with van der Waals surface area (Å²) in [5, 5.41) is 5.93. The first-order valence-electron chi connectivity index (χ1n) is 9.13. The quantitative estimate of drug-likeness (QED) is 0.775. The van der Waals surface area contributed by atoms with Crippen LogP contribution in [0.3, 0.4) is 0 Å². The summed E-state index contributed by atoms with van der Waals surface area (Å²) in [6, 6.07) is 7.19. The van der Waals surface area contributed by atoms with Crippen molar-refractivity contribution < 1.29 is 14.4 Å². The van der Waals surface area contributed by atoms with Gasteiger partial charge in [0.1, 0.15) is 0 Å². The predicted molar refractivity (Wildman–Crippen MR) is 98.4 cm³/mol. The Hall–Kier alpha value is -2.17. The lowest BCUT2D eigenvalue weighted by atomic mass is 9.81. The van der Waals surface area contributed by atoms with Crippen LogP contribution in [0, 0.1) is 11.8 Å². The molecule has 1 aliphatic rings. The molecule has 1 saturated carbocycles. The number of hydrogen-bond acceptors (Lipinski definition) is 3. The summed E-state index contributed by atoms with van der Waals surface area (Å²) < 4.78 is 0. The monoisotopic (exact) mass is 344 g/mol. The Labute approximate surface area is 149 Å². The Morgan fingerprint density at radius 3 is 2.24 bits per heavy atom. The fourth-order valence-corrected chi connectivity index (χ4v) is 3.14. The number of Topliss-reactive ketones (excluding diaryl/α,β-unsaturated/α-hetero) is 1. The molecule has 1 aliphatic carbocycles. The Morgan fingerprint density at radius 1 is 1.08 bits per heavy atom. The number of hydrogen-bond donors (Lipinski definition) is 2. The van der Waals surface area contributed by atoms with Gasteiger partial charge >= 0.3 is 0 Å². The number of ketones is 1. The molecule has 0 saturated heterocycles.